The third-order valence-electron chi connectivity index (χ3n) is 2.49. The highest BCUT2D eigenvalue weighted by Crippen LogP contribution is 2.19. The van der Waals surface area contributed by atoms with Crippen LogP contribution in [0.3, 0.4) is 0 Å². The standard InChI is InChI=1S/C14H14BrNO2S/c15-13-10-16-14(19-13)9-11(17)5-4-8-18-12-6-2-1-3-7-12/h1-3,6-7,10H,4-5,8-9H2. The minimum Gasteiger partial charge on any atom is -0.494 e. The highest BCUT2D eigenvalue weighted by molar-refractivity contribution is 9.11. The van der Waals surface area contributed by atoms with Gasteiger partial charge in [-0.2, -0.15) is 0 Å². The summed E-state index contributed by atoms with van der Waals surface area (Å²) in [7, 11) is 0. The number of hydrogen-bond donors (Lipinski definition) is 0. The van der Waals surface area contributed by atoms with E-state index in [4.69, 9.17) is 4.74 Å². The van der Waals surface area contributed by atoms with E-state index in [0.29, 0.717) is 19.4 Å². The number of ether oxygens (including phenoxy) is 1. The average Bonchev–Trinajstić information content (AvgIpc) is 2.81. The molecule has 1 aromatic heterocycles. The van der Waals surface area contributed by atoms with Crippen molar-refractivity contribution in [2.45, 2.75) is 19.3 Å². The van der Waals surface area contributed by atoms with Gasteiger partial charge in [0.2, 0.25) is 0 Å². The van der Waals surface area contributed by atoms with E-state index in [-0.39, 0.29) is 5.78 Å². The Balaban J connectivity index is 1.64. The summed E-state index contributed by atoms with van der Waals surface area (Å²) >= 11 is 4.84. The summed E-state index contributed by atoms with van der Waals surface area (Å²) in [6.07, 6.45) is 3.41. The normalized spacial score (nSPS) is 10.4. The summed E-state index contributed by atoms with van der Waals surface area (Å²) in [4.78, 5) is 15.9. The van der Waals surface area contributed by atoms with Gasteiger partial charge in [0, 0.05) is 6.42 Å². The van der Waals surface area contributed by atoms with Crippen LogP contribution >= 0.6 is 27.3 Å². The van der Waals surface area contributed by atoms with Crippen molar-refractivity contribution in [2.75, 3.05) is 6.61 Å². The molecule has 2 aromatic rings. The zero-order valence-corrected chi connectivity index (χ0v) is 12.7. The number of benzene rings is 1. The molecule has 0 aliphatic rings. The number of ketones is 1. The summed E-state index contributed by atoms with van der Waals surface area (Å²) in [5.41, 5.74) is 0. The van der Waals surface area contributed by atoms with Crippen LogP contribution in [-0.4, -0.2) is 17.4 Å². The fraction of sp³-hybridized carbons (Fsp3) is 0.286. The Bertz CT molecular complexity index is 527. The zero-order valence-electron chi connectivity index (χ0n) is 10.3. The van der Waals surface area contributed by atoms with Crippen LogP contribution in [-0.2, 0) is 11.2 Å². The van der Waals surface area contributed by atoms with E-state index >= 15 is 0 Å². The van der Waals surface area contributed by atoms with E-state index in [9.17, 15) is 4.79 Å². The molecule has 0 aliphatic heterocycles. The minimum absolute atomic E-state index is 0.207. The van der Waals surface area contributed by atoms with Gasteiger partial charge in [0.15, 0.2) is 0 Å². The largest absolute Gasteiger partial charge is 0.494 e. The van der Waals surface area contributed by atoms with Crippen LogP contribution in [0.1, 0.15) is 17.8 Å². The van der Waals surface area contributed by atoms with Crippen LogP contribution in [0.2, 0.25) is 0 Å². The number of hydrogen-bond acceptors (Lipinski definition) is 4. The zero-order chi connectivity index (χ0) is 13.5. The van der Waals surface area contributed by atoms with Crippen molar-refractivity contribution < 1.29 is 9.53 Å². The van der Waals surface area contributed by atoms with Crippen LogP contribution in [0.5, 0.6) is 5.75 Å². The second kappa shape index (κ2) is 7.40. The van der Waals surface area contributed by atoms with Crippen molar-refractivity contribution in [3.8, 4) is 5.75 Å². The molecule has 0 aliphatic carbocycles. The van der Waals surface area contributed by atoms with Gasteiger partial charge < -0.3 is 4.74 Å². The smallest absolute Gasteiger partial charge is 0.139 e. The first-order valence-electron chi connectivity index (χ1n) is 6.04. The molecule has 1 aromatic carbocycles. The van der Waals surface area contributed by atoms with E-state index in [0.717, 1.165) is 21.0 Å². The molecule has 0 unspecified atom stereocenters. The minimum atomic E-state index is 0.207. The first-order chi connectivity index (χ1) is 9.24. The summed E-state index contributed by atoms with van der Waals surface area (Å²) in [6.45, 7) is 0.567. The Labute approximate surface area is 124 Å². The van der Waals surface area contributed by atoms with Gasteiger partial charge in [0.25, 0.3) is 0 Å². The highest BCUT2D eigenvalue weighted by atomic mass is 79.9. The molecule has 0 radical (unpaired) electrons. The molecule has 0 atom stereocenters. The molecule has 3 nitrogen and oxygen atoms in total. The maximum absolute atomic E-state index is 11.7. The van der Waals surface area contributed by atoms with Gasteiger partial charge in [-0.1, -0.05) is 18.2 Å². The molecule has 0 spiro atoms. The lowest BCUT2D eigenvalue weighted by molar-refractivity contribution is -0.118. The van der Waals surface area contributed by atoms with Crippen molar-refractivity contribution >= 4 is 33.0 Å². The molecule has 0 saturated carbocycles. The average molecular weight is 340 g/mol. The van der Waals surface area contributed by atoms with Gasteiger partial charge in [-0.3, -0.25) is 4.79 Å². The van der Waals surface area contributed by atoms with Crippen LogP contribution < -0.4 is 4.74 Å². The van der Waals surface area contributed by atoms with Crippen molar-refractivity contribution in [1.29, 1.82) is 0 Å². The molecule has 1 heterocycles. The molecule has 5 heteroatoms. The van der Waals surface area contributed by atoms with Gasteiger partial charge in [-0.25, -0.2) is 4.98 Å². The summed E-state index contributed by atoms with van der Waals surface area (Å²) in [6, 6.07) is 9.63. The molecule has 0 bridgehead atoms. The quantitative estimate of drug-likeness (QED) is 0.718. The van der Waals surface area contributed by atoms with Crippen LogP contribution in [0, 0.1) is 0 Å². The lowest BCUT2D eigenvalue weighted by Crippen LogP contribution is -2.05. The first kappa shape index (κ1) is 14.2. The SMILES string of the molecule is O=C(CCCOc1ccccc1)Cc1ncc(Br)s1. The Morgan fingerprint density at radius 1 is 1.32 bits per heavy atom. The maximum atomic E-state index is 11.7. The fourth-order valence-electron chi connectivity index (χ4n) is 1.60. The summed E-state index contributed by atoms with van der Waals surface area (Å²) in [5.74, 6) is 1.05. The van der Waals surface area contributed by atoms with Gasteiger partial charge in [-0.05, 0) is 34.5 Å². The lowest BCUT2D eigenvalue weighted by Gasteiger charge is -2.04. The van der Waals surface area contributed by atoms with Crippen LogP contribution in [0.4, 0.5) is 0 Å². The number of thiazole rings is 1. The summed E-state index contributed by atoms with van der Waals surface area (Å²) < 4.78 is 6.50. The van der Waals surface area contributed by atoms with Crippen molar-refractivity contribution in [3.05, 3.63) is 45.3 Å². The van der Waals surface area contributed by atoms with Crippen LogP contribution in [0.15, 0.2) is 40.3 Å². The van der Waals surface area contributed by atoms with Gasteiger partial charge >= 0.3 is 0 Å². The predicted molar refractivity (Wildman–Crippen MR) is 79.7 cm³/mol. The molecule has 0 amide bonds. The number of nitrogens with zero attached hydrogens (tertiary/aromatic N) is 1. The second-order valence-electron chi connectivity index (χ2n) is 4.04. The lowest BCUT2D eigenvalue weighted by atomic mass is 10.2. The molecular weight excluding hydrogens is 326 g/mol. The molecule has 0 N–H and O–H groups in total. The second-order valence-corrected chi connectivity index (χ2v) is 6.53. The Morgan fingerprint density at radius 3 is 2.79 bits per heavy atom. The van der Waals surface area contributed by atoms with E-state index in [2.05, 4.69) is 20.9 Å². The third kappa shape index (κ3) is 5.12. The number of carbonyl (C=O) groups is 1. The number of halogens is 1. The fourth-order valence-corrected chi connectivity index (χ4v) is 2.93. The van der Waals surface area contributed by atoms with E-state index in [1.54, 1.807) is 6.20 Å². The number of aromatic nitrogens is 1. The maximum Gasteiger partial charge on any atom is 0.139 e. The highest BCUT2D eigenvalue weighted by Gasteiger charge is 2.07. The van der Waals surface area contributed by atoms with Gasteiger partial charge in [0.05, 0.1) is 23.0 Å². The number of rotatable bonds is 7. The van der Waals surface area contributed by atoms with E-state index < -0.39 is 0 Å². The molecule has 0 fully saturated rings. The van der Waals surface area contributed by atoms with Crippen molar-refractivity contribution in [3.63, 3.8) is 0 Å². The monoisotopic (exact) mass is 339 g/mol. The Morgan fingerprint density at radius 2 is 2.11 bits per heavy atom. The molecule has 19 heavy (non-hydrogen) atoms. The molecular formula is C14H14BrNO2S. The number of Topliss-reactive ketones (excluding diaryl/α,β-unsaturated/α-hetero) is 1. The van der Waals surface area contributed by atoms with Gasteiger partial charge in [-0.15, -0.1) is 11.3 Å². The number of para-hydroxylation sites is 1. The molecule has 0 saturated heterocycles. The van der Waals surface area contributed by atoms with Gasteiger partial charge in [0.1, 0.15) is 16.5 Å². The van der Waals surface area contributed by atoms with E-state index in [1.807, 2.05) is 30.3 Å². The first-order valence-corrected chi connectivity index (χ1v) is 7.65. The van der Waals surface area contributed by atoms with Crippen molar-refractivity contribution in [2.24, 2.45) is 0 Å². The topological polar surface area (TPSA) is 39.2 Å². The predicted octanol–water partition coefficient (Wildman–Crippen LogP) is 3.88. The Kier molecular flexibility index (Phi) is 5.54. The molecule has 2 rings (SSSR count). The Hall–Kier alpha value is -1.20. The van der Waals surface area contributed by atoms with E-state index in [1.165, 1.54) is 11.3 Å². The van der Waals surface area contributed by atoms with Crippen molar-refractivity contribution in [1.82, 2.24) is 4.98 Å². The summed E-state index contributed by atoms with van der Waals surface area (Å²) in [5, 5.41) is 0.862. The number of carbonyl (C=O) groups excluding carboxylic acids is 1. The van der Waals surface area contributed by atoms with Crippen LogP contribution in [0.25, 0.3) is 0 Å². The molecule has 100 valence electrons. The third-order valence-corrected chi connectivity index (χ3v) is 3.96.